The molecule has 8 nitrogen and oxygen atoms in total. The second-order valence-electron chi connectivity index (χ2n) is 6.18. The maximum atomic E-state index is 12.4. The Balaban J connectivity index is 1.64. The van der Waals surface area contributed by atoms with Gasteiger partial charge in [-0.2, -0.15) is 0 Å². The highest BCUT2D eigenvalue weighted by molar-refractivity contribution is 5.95. The highest BCUT2D eigenvalue weighted by Gasteiger charge is 2.14. The highest BCUT2D eigenvalue weighted by atomic mass is 16.6. The Kier molecular flexibility index (Phi) is 6.83. The van der Waals surface area contributed by atoms with Crippen LogP contribution in [-0.2, 0) is 4.79 Å². The van der Waals surface area contributed by atoms with Crippen LogP contribution in [0, 0.1) is 10.1 Å². The normalized spacial score (nSPS) is 10.2. The van der Waals surface area contributed by atoms with Crippen LogP contribution in [0.2, 0.25) is 0 Å². The summed E-state index contributed by atoms with van der Waals surface area (Å²) in [6, 6.07) is 20.3. The first-order valence-corrected chi connectivity index (χ1v) is 9.33. The lowest BCUT2D eigenvalue weighted by molar-refractivity contribution is -0.383. The van der Waals surface area contributed by atoms with E-state index in [2.05, 4.69) is 10.6 Å². The summed E-state index contributed by atoms with van der Waals surface area (Å²) >= 11 is 0. The molecule has 0 aliphatic carbocycles. The van der Waals surface area contributed by atoms with Crippen molar-refractivity contribution >= 4 is 23.0 Å². The molecule has 0 atom stereocenters. The number of hydrogen-bond acceptors (Lipinski definition) is 6. The largest absolute Gasteiger partial charge is 0.494 e. The number of nitro benzene ring substituents is 1. The van der Waals surface area contributed by atoms with Crippen molar-refractivity contribution < 1.29 is 19.2 Å². The van der Waals surface area contributed by atoms with Crippen LogP contribution in [0.1, 0.15) is 6.92 Å². The molecule has 0 saturated carbocycles. The van der Waals surface area contributed by atoms with Gasteiger partial charge >= 0.3 is 0 Å². The molecule has 0 aromatic heterocycles. The SMILES string of the molecule is CCOc1ccc(Oc2ccccc2NC(=O)CNc2ccccc2[N+](=O)[O-])cc1. The van der Waals surface area contributed by atoms with Crippen LogP contribution in [0.25, 0.3) is 0 Å². The highest BCUT2D eigenvalue weighted by Crippen LogP contribution is 2.30. The van der Waals surface area contributed by atoms with Crippen molar-refractivity contribution in [1.82, 2.24) is 0 Å². The van der Waals surface area contributed by atoms with E-state index in [1.807, 2.05) is 6.92 Å². The summed E-state index contributed by atoms with van der Waals surface area (Å²) in [5.74, 6) is 1.45. The number of nitrogens with zero attached hydrogens (tertiary/aromatic N) is 1. The summed E-state index contributed by atoms with van der Waals surface area (Å²) in [6.07, 6.45) is 0. The predicted molar refractivity (Wildman–Crippen MR) is 114 cm³/mol. The molecule has 154 valence electrons. The van der Waals surface area contributed by atoms with Gasteiger partial charge < -0.3 is 20.1 Å². The van der Waals surface area contributed by atoms with Crippen molar-refractivity contribution in [3.8, 4) is 17.2 Å². The van der Waals surface area contributed by atoms with Crippen molar-refractivity contribution in [3.63, 3.8) is 0 Å². The van der Waals surface area contributed by atoms with E-state index in [0.29, 0.717) is 23.8 Å². The minimum atomic E-state index is -0.500. The van der Waals surface area contributed by atoms with Gasteiger partial charge in [0.25, 0.3) is 5.69 Å². The molecule has 8 heteroatoms. The minimum absolute atomic E-state index is 0.0930. The van der Waals surface area contributed by atoms with Crippen LogP contribution >= 0.6 is 0 Å². The van der Waals surface area contributed by atoms with E-state index in [1.54, 1.807) is 66.7 Å². The second kappa shape index (κ2) is 9.92. The zero-order valence-electron chi connectivity index (χ0n) is 16.3. The number of carbonyl (C=O) groups is 1. The number of rotatable bonds is 9. The molecule has 3 aromatic rings. The molecular weight excluding hydrogens is 386 g/mol. The topological polar surface area (TPSA) is 103 Å². The summed E-state index contributed by atoms with van der Waals surface area (Å²) in [7, 11) is 0. The molecule has 0 unspecified atom stereocenters. The van der Waals surface area contributed by atoms with Gasteiger partial charge in [-0.1, -0.05) is 24.3 Å². The summed E-state index contributed by atoms with van der Waals surface area (Å²) in [4.78, 5) is 22.9. The second-order valence-corrected chi connectivity index (χ2v) is 6.18. The Hall–Kier alpha value is -4.07. The smallest absolute Gasteiger partial charge is 0.292 e. The molecule has 0 heterocycles. The molecule has 0 bridgehead atoms. The van der Waals surface area contributed by atoms with E-state index in [0.717, 1.165) is 5.75 Å². The first-order chi connectivity index (χ1) is 14.6. The van der Waals surface area contributed by atoms with Crippen LogP contribution < -0.4 is 20.1 Å². The Bertz CT molecular complexity index is 1020. The standard InChI is InChI=1S/C22H21N3O5/c1-2-29-16-11-13-17(14-12-16)30-21-10-6-4-8-19(21)24-22(26)15-23-18-7-3-5-9-20(18)25(27)28/h3-14,23H,2,15H2,1H3,(H,24,26). The van der Waals surface area contributed by atoms with Crippen LogP contribution in [0.3, 0.4) is 0 Å². The van der Waals surface area contributed by atoms with Crippen LogP contribution in [-0.4, -0.2) is 24.0 Å². The summed E-state index contributed by atoms with van der Waals surface area (Å²) in [5.41, 5.74) is 0.668. The van der Waals surface area contributed by atoms with Crippen LogP contribution in [0.4, 0.5) is 17.1 Å². The third-order valence-corrected chi connectivity index (χ3v) is 4.06. The number of benzene rings is 3. The average molecular weight is 407 g/mol. The van der Waals surface area contributed by atoms with Gasteiger partial charge in [0.2, 0.25) is 5.91 Å². The first-order valence-electron chi connectivity index (χ1n) is 9.33. The first kappa shape index (κ1) is 20.7. The number of hydrogen-bond donors (Lipinski definition) is 2. The third-order valence-electron chi connectivity index (χ3n) is 4.06. The minimum Gasteiger partial charge on any atom is -0.494 e. The quantitative estimate of drug-likeness (QED) is 0.389. The summed E-state index contributed by atoms with van der Waals surface area (Å²) in [6.45, 7) is 2.35. The zero-order valence-corrected chi connectivity index (χ0v) is 16.3. The van der Waals surface area contributed by atoms with Gasteiger partial charge in [-0.15, -0.1) is 0 Å². The summed E-state index contributed by atoms with van der Waals surface area (Å²) < 4.78 is 11.3. The van der Waals surface area contributed by atoms with Crippen molar-refractivity contribution in [2.24, 2.45) is 0 Å². The number of para-hydroxylation sites is 4. The molecule has 3 aromatic carbocycles. The van der Waals surface area contributed by atoms with Gasteiger partial charge in [0.1, 0.15) is 17.2 Å². The maximum Gasteiger partial charge on any atom is 0.292 e. The lowest BCUT2D eigenvalue weighted by Gasteiger charge is -2.13. The van der Waals surface area contributed by atoms with Gasteiger partial charge in [0, 0.05) is 6.07 Å². The van der Waals surface area contributed by atoms with Crippen molar-refractivity contribution in [1.29, 1.82) is 0 Å². The Labute approximate surface area is 173 Å². The molecule has 0 radical (unpaired) electrons. The Morgan fingerprint density at radius 3 is 2.27 bits per heavy atom. The predicted octanol–water partition coefficient (Wildman–Crippen LogP) is 4.84. The van der Waals surface area contributed by atoms with E-state index in [-0.39, 0.29) is 23.8 Å². The number of nitro groups is 1. The fourth-order valence-electron chi connectivity index (χ4n) is 2.71. The Morgan fingerprint density at radius 1 is 0.933 bits per heavy atom. The van der Waals surface area contributed by atoms with Crippen molar-refractivity contribution in [2.75, 3.05) is 23.8 Å². The number of nitrogens with one attached hydrogen (secondary N) is 2. The molecule has 0 saturated heterocycles. The summed E-state index contributed by atoms with van der Waals surface area (Å²) in [5, 5.41) is 16.6. The van der Waals surface area contributed by atoms with Crippen molar-refractivity contribution in [3.05, 3.63) is 82.9 Å². The molecule has 0 aliphatic rings. The average Bonchev–Trinajstić information content (AvgIpc) is 2.75. The lowest BCUT2D eigenvalue weighted by Crippen LogP contribution is -2.22. The number of ether oxygens (including phenoxy) is 2. The van der Waals surface area contributed by atoms with E-state index in [4.69, 9.17) is 9.47 Å². The van der Waals surface area contributed by atoms with Crippen LogP contribution in [0.15, 0.2) is 72.8 Å². The number of carbonyl (C=O) groups excluding carboxylic acids is 1. The molecule has 30 heavy (non-hydrogen) atoms. The van der Waals surface area contributed by atoms with Crippen LogP contribution in [0.5, 0.6) is 17.2 Å². The molecule has 1 amide bonds. The van der Waals surface area contributed by atoms with Gasteiger partial charge in [0.05, 0.1) is 23.8 Å². The lowest BCUT2D eigenvalue weighted by atomic mass is 10.2. The van der Waals surface area contributed by atoms with Gasteiger partial charge in [-0.05, 0) is 49.4 Å². The van der Waals surface area contributed by atoms with Crippen molar-refractivity contribution in [2.45, 2.75) is 6.92 Å². The number of anilines is 2. The molecule has 2 N–H and O–H groups in total. The van der Waals surface area contributed by atoms with E-state index in [1.165, 1.54) is 6.07 Å². The maximum absolute atomic E-state index is 12.4. The third kappa shape index (κ3) is 5.48. The van der Waals surface area contributed by atoms with Gasteiger partial charge in [-0.25, -0.2) is 0 Å². The molecule has 0 fully saturated rings. The molecule has 3 rings (SSSR count). The molecule has 0 aliphatic heterocycles. The zero-order chi connectivity index (χ0) is 21.3. The molecular formula is C22H21N3O5. The van der Waals surface area contributed by atoms with E-state index >= 15 is 0 Å². The van der Waals surface area contributed by atoms with E-state index < -0.39 is 4.92 Å². The van der Waals surface area contributed by atoms with Gasteiger partial charge in [-0.3, -0.25) is 14.9 Å². The Morgan fingerprint density at radius 2 is 1.57 bits per heavy atom. The molecule has 0 spiro atoms. The van der Waals surface area contributed by atoms with E-state index in [9.17, 15) is 14.9 Å². The fraction of sp³-hybridized carbons (Fsp3) is 0.136. The monoisotopic (exact) mass is 407 g/mol. The van der Waals surface area contributed by atoms with Gasteiger partial charge in [0.15, 0.2) is 5.75 Å². The fourth-order valence-corrected chi connectivity index (χ4v) is 2.71. The number of amides is 1.